The molecule has 48 heteroatoms. The highest BCUT2D eigenvalue weighted by molar-refractivity contribution is 5.77. The molecule has 0 unspecified atom stereocenters. The number of amides is 4. The predicted molar refractivity (Wildman–Crippen MR) is 330 cm³/mol. The number of aliphatic hydroxyl groups excluding tert-OH is 24. The Kier molecular flexibility index (Phi) is 33.3. The molecule has 7 heterocycles. The maximum absolute atomic E-state index is 13.2. The van der Waals surface area contributed by atoms with Crippen LogP contribution in [0.4, 0.5) is 0 Å². The number of rotatable bonds is 33. The Morgan fingerprint density at radius 3 is 1.35 bits per heavy atom. The van der Waals surface area contributed by atoms with Crippen LogP contribution in [-0.2, 0) is 90.3 Å². The van der Waals surface area contributed by atoms with Crippen molar-refractivity contribution in [3.05, 3.63) is 0 Å². The standard InChI is InChI=1S/C59H100N4O44/c1-15(72)60-19(6-64)32(79)45(22(78)8-66)101-52-30(62-17(3)74)38(85)46(26(12-70)98-52)102-55-43(90)49(37(84)28(100-55)14-94-54-42(89)40(87)34(81)23(9-67)95-54)104-57-51(41(88)35(82)24(10-68)97-57)105-53-31(63-18(4)75)39(86)47(27(13-71)99-53)103-56-44(91)50(36(83)25(11-69)96-56)107-59(58(92)93)5-20(76)29(61-16(2)73)48(106-59)33(80)21(77)7-65/h19-57,64-71,76-91H,5-14H2,1-4H3,(H,60,72)(H,61,73)(H,62,74)(H,63,75)(H,92,93)/t19-,20-,21+,22+,23+,24+,25+,26+,27+,28+,29+,30+,31+,32+,33+,34+,35+,36-,37+,38+,39+,40-,41-,42-,43-,44+,45+,46+,47+,48+,49-,50-,51-,52-,53-,54-,55-,56-,57+,59-/m0/s1. The first-order chi connectivity index (χ1) is 50.4. The van der Waals surface area contributed by atoms with Crippen molar-refractivity contribution >= 4 is 29.6 Å². The van der Waals surface area contributed by atoms with Crippen LogP contribution in [0.25, 0.3) is 0 Å². The van der Waals surface area contributed by atoms with Crippen LogP contribution in [-0.4, -0.2) is 461 Å². The van der Waals surface area contributed by atoms with E-state index in [1.165, 1.54) is 0 Å². The first-order valence-electron chi connectivity index (χ1n) is 33.7. The summed E-state index contributed by atoms with van der Waals surface area (Å²) in [4.78, 5) is 63.2. The van der Waals surface area contributed by atoms with Crippen molar-refractivity contribution in [3.8, 4) is 0 Å². The lowest BCUT2D eigenvalue weighted by atomic mass is 9.88. The third kappa shape index (κ3) is 20.6. The van der Waals surface area contributed by atoms with E-state index >= 15 is 0 Å². The van der Waals surface area contributed by atoms with Crippen molar-refractivity contribution in [2.24, 2.45) is 0 Å². The quantitative estimate of drug-likeness (QED) is 0.0290. The highest BCUT2D eigenvalue weighted by atomic mass is 16.8. The Bertz CT molecular complexity index is 2820. The summed E-state index contributed by atoms with van der Waals surface area (Å²) >= 11 is 0. The van der Waals surface area contributed by atoms with Crippen LogP contribution in [0.3, 0.4) is 0 Å². The minimum absolute atomic E-state index is 0.797. The third-order valence-corrected chi connectivity index (χ3v) is 18.9. The van der Waals surface area contributed by atoms with E-state index in [0.717, 1.165) is 27.7 Å². The van der Waals surface area contributed by atoms with Crippen LogP contribution in [0.2, 0.25) is 0 Å². The molecule has 48 nitrogen and oxygen atoms in total. The van der Waals surface area contributed by atoms with Gasteiger partial charge in [0.2, 0.25) is 23.6 Å². The van der Waals surface area contributed by atoms with Gasteiger partial charge in [-0.3, -0.25) is 19.2 Å². The smallest absolute Gasteiger partial charge is 0.364 e. The van der Waals surface area contributed by atoms with Crippen LogP contribution in [0, 0.1) is 0 Å². The fourth-order valence-electron chi connectivity index (χ4n) is 13.3. The minimum Gasteiger partial charge on any atom is -0.477 e. The molecule has 0 bridgehead atoms. The van der Waals surface area contributed by atoms with E-state index in [1.807, 2.05) is 0 Å². The van der Waals surface area contributed by atoms with Gasteiger partial charge in [-0.15, -0.1) is 0 Å². The van der Waals surface area contributed by atoms with E-state index in [-0.39, 0.29) is 0 Å². The first kappa shape index (κ1) is 90.0. The number of hydrogen-bond donors (Lipinski definition) is 29. The Morgan fingerprint density at radius 2 is 0.850 bits per heavy atom. The zero-order chi connectivity index (χ0) is 79.7. The van der Waals surface area contributed by atoms with Crippen molar-refractivity contribution in [1.82, 2.24) is 21.3 Å². The fraction of sp³-hybridized carbons (Fsp3) is 0.915. The second-order valence-electron chi connectivity index (χ2n) is 26.5. The highest BCUT2D eigenvalue weighted by Crippen LogP contribution is 2.41. The number of carboxylic acid groups (broad SMARTS) is 1. The van der Waals surface area contributed by atoms with Gasteiger partial charge in [0, 0.05) is 34.1 Å². The van der Waals surface area contributed by atoms with Gasteiger partial charge in [-0.1, -0.05) is 0 Å². The summed E-state index contributed by atoms with van der Waals surface area (Å²) < 4.78 is 82.0. The van der Waals surface area contributed by atoms with Gasteiger partial charge in [-0.25, -0.2) is 4.79 Å². The molecule has 0 aromatic heterocycles. The van der Waals surface area contributed by atoms with Gasteiger partial charge in [0.15, 0.2) is 37.7 Å². The van der Waals surface area contributed by atoms with E-state index in [9.17, 15) is 152 Å². The van der Waals surface area contributed by atoms with Crippen molar-refractivity contribution in [2.45, 2.75) is 279 Å². The van der Waals surface area contributed by atoms with Crippen LogP contribution in [0.1, 0.15) is 34.1 Å². The topological polar surface area (TPSA) is 768 Å². The molecule has 620 valence electrons. The number of nitrogens with one attached hydrogen (secondary N) is 4. The van der Waals surface area contributed by atoms with Crippen LogP contribution < -0.4 is 21.3 Å². The molecule has 0 radical (unpaired) electrons. The average Bonchev–Trinajstić information content (AvgIpc) is 0.752. The minimum atomic E-state index is -3.28. The molecule has 7 saturated heterocycles. The largest absolute Gasteiger partial charge is 0.477 e. The van der Waals surface area contributed by atoms with Gasteiger partial charge in [0.25, 0.3) is 5.79 Å². The number of ether oxygens (including phenoxy) is 14. The van der Waals surface area contributed by atoms with E-state index < -0.39 is 340 Å². The second-order valence-corrected chi connectivity index (χ2v) is 26.5. The summed E-state index contributed by atoms with van der Waals surface area (Å²) in [5.74, 6) is -9.08. The van der Waals surface area contributed by atoms with E-state index in [2.05, 4.69) is 21.3 Å². The molecule has 7 fully saturated rings. The van der Waals surface area contributed by atoms with Gasteiger partial charge in [0.1, 0.15) is 183 Å². The van der Waals surface area contributed by atoms with Crippen LogP contribution >= 0.6 is 0 Å². The molecule has 4 amide bonds. The molecule has 40 atom stereocenters. The maximum atomic E-state index is 13.2. The second kappa shape index (κ2) is 39.5. The lowest BCUT2D eigenvalue weighted by Crippen LogP contribution is -2.71. The van der Waals surface area contributed by atoms with Crippen LogP contribution in [0.5, 0.6) is 0 Å². The Labute approximate surface area is 605 Å². The van der Waals surface area contributed by atoms with E-state index in [4.69, 9.17) is 66.3 Å². The number of aliphatic hydroxyl groups is 24. The van der Waals surface area contributed by atoms with Crippen molar-refractivity contribution < 1.29 is 218 Å². The summed E-state index contributed by atoms with van der Waals surface area (Å²) in [6, 6.07) is -7.36. The zero-order valence-corrected chi connectivity index (χ0v) is 57.5. The fourth-order valence-corrected chi connectivity index (χ4v) is 13.3. The van der Waals surface area contributed by atoms with E-state index in [0.29, 0.717) is 0 Å². The Balaban J connectivity index is 1.20. The molecule has 7 aliphatic heterocycles. The van der Waals surface area contributed by atoms with Crippen LogP contribution in [0.15, 0.2) is 0 Å². The SMILES string of the molecule is CC(=O)N[C@H]1[C@H](O[C@@H]([C@H](O)[C@H](CO)NC(C)=O)[C@H](O)CO)O[C@H](CO)[C@@H](O[C@@H]2O[C@H](CO[C@H]3O[C@H](CO)[C@@H](O)[C@H](O)[C@@H]3O)[C@@H](O)[C@H](O[C@H]3O[C@H](CO)[C@@H](O)[C@H](O)[C@@H]3O[C@@H]3O[C@H](CO)[C@@H](O[C@@H]4O[C@H](CO)[C@H](O)[C@H](O[C@]5(C(=O)O)C[C@H](O)[C@@H](NC(C)=O)[C@H]([C@H](O)[C@H](O)CO)O5)[C@H]4O)[C@H](O)[C@H]3NC(C)=O)[C@@H]2O)[C@@H]1O. The molecule has 29 N–H and O–H groups in total. The monoisotopic (exact) mass is 1570 g/mol. The van der Waals surface area contributed by atoms with Crippen molar-refractivity contribution in [2.75, 3.05) is 59.5 Å². The molecule has 0 aromatic rings. The first-order valence-corrected chi connectivity index (χ1v) is 33.7. The molecular formula is C59H100N4O44. The van der Waals surface area contributed by atoms with Gasteiger partial charge >= 0.3 is 5.97 Å². The lowest BCUT2D eigenvalue weighted by molar-refractivity contribution is -0.399. The van der Waals surface area contributed by atoms with Crippen molar-refractivity contribution in [3.63, 3.8) is 0 Å². The molecular weight excluding hydrogens is 1470 g/mol. The normalized spacial score (nSPS) is 43.8. The van der Waals surface area contributed by atoms with Crippen molar-refractivity contribution in [1.29, 1.82) is 0 Å². The molecule has 107 heavy (non-hydrogen) atoms. The summed E-state index contributed by atoms with van der Waals surface area (Å²) in [6.07, 6.45) is -77.6. The number of aliphatic carboxylic acids is 1. The maximum Gasteiger partial charge on any atom is 0.364 e. The van der Waals surface area contributed by atoms with Gasteiger partial charge < -0.3 is 215 Å². The highest BCUT2D eigenvalue weighted by Gasteiger charge is 2.62. The average molecular weight is 1570 g/mol. The van der Waals surface area contributed by atoms with Gasteiger partial charge in [-0.2, -0.15) is 0 Å². The molecule has 7 aliphatic rings. The van der Waals surface area contributed by atoms with E-state index in [1.54, 1.807) is 0 Å². The summed E-state index contributed by atoms with van der Waals surface area (Å²) in [7, 11) is 0. The Morgan fingerprint density at radius 1 is 0.421 bits per heavy atom. The molecule has 0 aliphatic carbocycles. The Hall–Kier alpha value is -4.17. The molecule has 0 aromatic carbocycles. The molecule has 7 rings (SSSR count). The summed E-state index contributed by atoms with van der Waals surface area (Å²) in [6.45, 7) is -6.50. The van der Waals surface area contributed by atoms with Gasteiger partial charge in [0.05, 0.1) is 77.6 Å². The number of carbonyl (C=O) groups excluding carboxylic acids is 4. The number of carbonyl (C=O) groups is 5. The summed E-state index contributed by atoms with van der Waals surface area (Å²) in [5.41, 5.74) is 0. The number of hydrogen-bond acceptors (Lipinski definition) is 43. The van der Waals surface area contributed by atoms with Gasteiger partial charge in [-0.05, 0) is 0 Å². The summed E-state index contributed by atoms with van der Waals surface area (Å²) in [5, 5.41) is 284. The third-order valence-electron chi connectivity index (χ3n) is 18.9. The lowest BCUT2D eigenvalue weighted by Gasteiger charge is -2.51. The molecule has 0 saturated carbocycles. The predicted octanol–water partition coefficient (Wildman–Crippen LogP) is -19.0. The number of carboxylic acids is 1. The molecule has 0 spiro atoms. The zero-order valence-electron chi connectivity index (χ0n) is 57.5.